The molecule has 1 amide bonds. The number of carbonyl (C=O) groups is 1. The average molecular weight is 242 g/mol. The van der Waals surface area contributed by atoms with Crippen LogP contribution in [0.1, 0.15) is 37.7 Å². The predicted octanol–water partition coefficient (Wildman–Crippen LogP) is 2.60. The Morgan fingerprint density at radius 3 is 2.83 bits per heavy atom. The molecule has 3 nitrogen and oxygen atoms in total. The highest BCUT2D eigenvalue weighted by Gasteiger charge is 2.44. The smallest absolute Gasteiger partial charge is 0.224 e. The fourth-order valence-electron chi connectivity index (χ4n) is 2.29. The monoisotopic (exact) mass is 242 g/mol. The summed E-state index contributed by atoms with van der Waals surface area (Å²) < 4.78 is 0. The van der Waals surface area contributed by atoms with E-state index in [1.54, 1.807) is 0 Å². The molecule has 1 N–H and O–H groups in total. The maximum absolute atomic E-state index is 12.0. The third-order valence-corrected chi connectivity index (χ3v) is 3.40. The van der Waals surface area contributed by atoms with Crippen molar-refractivity contribution in [3.05, 3.63) is 35.9 Å². The first-order valence-corrected chi connectivity index (χ1v) is 6.51. The molecule has 1 aromatic rings. The van der Waals surface area contributed by atoms with Crippen molar-refractivity contribution in [3.63, 3.8) is 0 Å². The lowest BCUT2D eigenvalue weighted by molar-refractivity contribution is -0.122. The Hall–Kier alpha value is -1.82. The number of benzene rings is 1. The molecule has 0 saturated heterocycles. The number of nitrogens with zero attached hydrogens (tertiary/aromatic N) is 1. The zero-order valence-electron chi connectivity index (χ0n) is 10.6. The topological polar surface area (TPSA) is 52.9 Å². The highest BCUT2D eigenvalue weighted by Crippen LogP contribution is 2.47. The van der Waals surface area contributed by atoms with Crippen molar-refractivity contribution in [2.24, 2.45) is 5.92 Å². The van der Waals surface area contributed by atoms with Crippen LogP contribution in [0.25, 0.3) is 0 Å². The third-order valence-electron chi connectivity index (χ3n) is 3.40. The first kappa shape index (κ1) is 12.6. The molecule has 1 saturated carbocycles. The number of nitrogens with one attached hydrogen (secondary N) is 1. The van der Waals surface area contributed by atoms with E-state index < -0.39 is 0 Å². The Labute approximate surface area is 108 Å². The molecule has 18 heavy (non-hydrogen) atoms. The van der Waals surface area contributed by atoms with E-state index in [9.17, 15) is 4.79 Å². The van der Waals surface area contributed by atoms with Gasteiger partial charge in [-0.1, -0.05) is 43.7 Å². The van der Waals surface area contributed by atoms with Gasteiger partial charge in [-0.25, -0.2) is 0 Å². The van der Waals surface area contributed by atoms with E-state index >= 15 is 0 Å². The summed E-state index contributed by atoms with van der Waals surface area (Å²) in [6, 6.07) is 11.9. The van der Waals surface area contributed by atoms with E-state index in [1.165, 1.54) is 5.56 Å². The van der Waals surface area contributed by atoms with Gasteiger partial charge in [0, 0.05) is 5.92 Å². The number of hydrogen-bond acceptors (Lipinski definition) is 2. The van der Waals surface area contributed by atoms with E-state index in [-0.39, 0.29) is 17.9 Å². The predicted molar refractivity (Wildman–Crippen MR) is 69.7 cm³/mol. The van der Waals surface area contributed by atoms with E-state index in [0.717, 1.165) is 19.3 Å². The van der Waals surface area contributed by atoms with Crippen LogP contribution in [0.2, 0.25) is 0 Å². The van der Waals surface area contributed by atoms with Crippen LogP contribution in [-0.2, 0) is 4.79 Å². The van der Waals surface area contributed by atoms with Crippen LogP contribution >= 0.6 is 0 Å². The molecule has 0 heterocycles. The lowest BCUT2D eigenvalue weighted by Gasteiger charge is -2.10. The highest BCUT2D eigenvalue weighted by molar-refractivity contribution is 5.83. The van der Waals surface area contributed by atoms with Crippen LogP contribution in [0.4, 0.5) is 0 Å². The van der Waals surface area contributed by atoms with Gasteiger partial charge in [-0.15, -0.1) is 0 Å². The fraction of sp³-hybridized carbons (Fsp3) is 0.467. The second-order valence-corrected chi connectivity index (χ2v) is 4.84. The van der Waals surface area contributed by atoms with Crippen molar-refractivity contribution in [1.29, 1.82) is 5.26 Å². The number of nitriles is 1. The molecule has 94 valence electrons. The minimum atomic E-state index is -0.334. The lowest BCUT2D eigenvalue weighted by atomic mass is 10.1. The zero-order valence-corrected chi connectivity index (χ0v) is 10.6. The maximum atomic E-state index is 12.0. The van der Waals surface area contributed by atoms with Gasteiger partial charge in [-0.2, -0.15) is 5.26 Å². The molecule has 0 bridgehead atoms. The molecular weight excluding hydrogens is 224 g/mol. The summed E-state index contributed by atoms with van der Waals surface area (Å²) in [5, 5.41) is 11.8. The van der Waals surface area contributed by atoms with Crippen molar-refractivity contribution in [2.45, 2.75) is 38.1 Å². The Balaban J connectivity index is 1.88. The fourth-order valence-corrected chi connectivity index (χ4v) is 2.29. The normalized spacial score (nSPS) is 22.9. The molecule has 0 aliphatic heterocycles. The summed E-state index contributed by atoms with van der Waals surface area (Å²) >= 11 is 0. The Morgan fingerprint density at radius 1 is 1.50 bits per heavy atom. The van der Waals surface area contributed by atoms with Crippen LogP contribution in [0.3, 0.4) is 0 Å². The molecule has 1 aliphatic carbocycles. The van der Waals surface area contributed by atoms with Crippen molar-refractivity contribution in [3.8, 4) is 6.07 Å². The molecule has 2 rings (SSSR count). The van der Waals surface area contributed by atoms with E-state index in [2.05, 4.69) is 23.5 Å². The number of rotatable bonds is 5. The molecule has 0 spiro atoms. The summed E-state index contributed by atoms with van der Waals surface area (Å²) in [7, 11) is 0. The molecule has 3 atom stereocenters. The third kappa shape index (κ3) is 2.89. The first-order valence-electron chi connectivity index (χ1n) is 6.51. The molecule has 3 heteroatoms. The van der Waals surface area contributed by atoms with Crippen LogP contribution in [0.15, 0.2) is 30.3 Å². The first-order chi connectivity index (χ1) is 8.76. The molecule has 0 aromatic heterocycles. The molecule has 1 aromatic carbocycles. The molecule has 1 fully saturated rings. The van der Waals surface area contributed by atoms with Crippen LogP contribution in [0, 0.1) is 17.2 Å². The van der Waals surface area contributed by atoms with Crippen LogP contribution < -0.4 is 5.32 Å². The summed E-state index contributed by atoms with van der Waals surface area (Å²) in [5.74, 6) is 0.427. The zero-order chi connectivity index (χ0) is 13.0. The summed E-state index contributed by atoms with van der Waals surface area (Å²) in [5.41, 5.74) is 1.22. The highest BCUT2D eigenvalue weighted by atomic mass is 16.2. The maximum Gasteiger partial charge on any atom is 0.224 e. The molecule has 1 aliphatic rings. The van der Waals surface area contributed by atoms with Crippen molar-refractivity contribution in [1.82, 2.24) is 5.32 Å². The van der Waals surface area contributed by atoms with Gasteiger partial charge >= 0.3 is 0 Å². The Morgan fingerprint density at radius 2 is 2.22 bits per heavy atom. The largest absolute Gasteiger partial charge is 0.340 e. The van der Waals surface area contributed by atoms with Gasteiger partial charge in [0.05, 0.1) is 6.07 Å². The molecule has 3 unspecified atom stereocenters. The van der Waals surface area contributed by atoms with Gasteiger partial charge in [0.2, 0.25) is 5.91 Å². The van der Waals surface area contributed by atoms with Gasteiger partial charge in [-0.05, 0) is 24.3 Å². The number of amides is 1. The van der Waals surface area contributed by atoms with Crippen molar-refractivity contribution >= 4 is 5.91 Å². The average Bonchev–Trinajstić information content (AvgIpc) is 3.19. The van der Waals surface area contributed by atoms with Gasteiger partial charge in [0.25, 0.3) is 0 Å². The van der Waals surface area contributed by atoms with Gasteiger partial charge < -0.3 is 5.32 Å². The van der Waals surface area contributed by atoms with Crippen molar-refractivity contribution in [2.75, 3.05) is 0 Å². The van der Waals surface area contributed by atoms with Crippen molar-refractivity contribution < 1.29 is 4.79 Å². The standard InChI is InChI=1S/C15H18N2O/c1-2-6-12(10-16)17-15(18)14-9-13(14)11-7-4-3-5-8-11/h3-5,7-8,12-14H,2,6,9H2,1H3,(H,17,18). The lowest BCUT2D eigenvalue weighted by Crippen LogP contribution is -2.35. The minimum absolute atomic E-state index is 0.0313. The quantitative estimate of drug-likeness (QED) is 0.862. The van der Waals surface area contributed by atoms with Gasteiger partial charge in [0.15, 0.2) is 0 Å². The van der Waals surface area contributed by atoms with Crippen LogP contribution in [-0.4, -0.2) is 11.9 Å². The molecule has 0 radical (unpaired) electrons. The SMILES string of the molecule is CCCC(C#N)NC(=O)C1CC1c1ccccc1. The summed E-state index contributed by atoms with van der Waals surface area (Å²) in [6.07, 6.45) is 2.54. The summed E-state index contributed by atoms with van der Waals surface area (Å²) in [6.45, 7) is 2.01. The van der Waals surface area contributed by atoms with Gasteiger partial charge in [0.1, 0.15) is 6.04 Å². The number of carbonyl (C=O) groups excluding carboxylic acids is 1. The van der Waals surface area contributed by atoms with Crippen LogP contribution in [0.5, 0.6) is 0 Å². The second-order valence-electron chi connectivity index (χ2n) is 4.84. The Bertz CT molecular complexity index is 449. The van der Waals surface area contributed by atoms with E-state index in [1.807, 2.05) is 25.1 Å². The van der Waals surface area contributed by atoms with E-state index in [4.69, 9.17) is 5.26 Å². The van der Waals surface area contributed by atoms with Gasteiger partial charge in [-0.3, -0.25) is 4.79 Å². The Kier molecular flexibility index (Phi) is 3.99. The summed E-state index contributed by atoms with van der Waals surface area (Å²) in [4.78, 5) is 12.0. The number of hydrogen-bond donors (Lipinski definition) is 1. The minimum Gasteiger partial charge on any atom is -0.340 e. The second kappa shape index (κ2) is 5.68. The molecular formula is C15H18N2O. The van der Waals surface area contributed by atoms with E-state index in [0.29, 0.717) is 5.92 Å².